The number of benzene rings is 1. The van der Waals surface area contributed by atoms with Crippen LogP contribution in [0.1, 0.15) is 68.9 Å². The van der Waals surface area contributed by atoms with Crippen molar-refractivity contribution in [3.8, 4) is 5.75 Å². The maximum absolute atomic E-state index is 10.5. The summed E-state index contributed by atoms with van der Waals surface area (Å²) in [7, 11) is 3.36. The molecule has 0 radical (unpaired) electrons. The van der Waals surface area contributed by atoms with E-state index in [0.29, 0.717) is 43.5 Å². The van der Waals surface area contributed by atoms with Crippen molar-refractivity contribution in [2.45, 2.75) is 70.3 Å². The van der Waals surface area contributed by atoms with Gasteiger partial charge in [0, 0.05) is 14.2 Å². The van der Waals surface area contributed by atoms with Gasteiger partial charge in [-0.05, 0) is 104 Å². The minimum absolute atomic E-state index is 0.220. The average molecular weight is 461 g/mol. The zero-order valence-corrected chi connectivity index (χ0v) is 20.4. The molecule has 33 heavy (non-hydrogen) atoms. The molecule has 1 aromatic carbocycles. The lowest BCUT2D eigenvalue weighted by atomic mass is 9.52. The van der Waals surface area contributed by atoms with Gasteiger partial charge in [-0.1, -0.05) is 13.0 Å². The van der Waals surface area contributed by atoms with Crippen molar-refractivity contribution >= 4 is 6.47 Å². The second-order valence-corrected chi connectivity index (χ2v) is 10.3. The smallest absolute Gasteiger partial charge is 0.293 e. The van der Waals surface area contributed by atoms with Gasteiger partial charge in [-0.25, -0.2) is 0 Å². The molecule has 0 bridgehead atoms. The number of carbonyl (C=O) groups is 1. The van der Waals surface area contributed by atoms with Crippen LogP contribution in [0.4, 0.5) is 0 Å². The van der Waals surface area contributed by atoms with E-state index >= 15 is 0 Å². The largest absolute Gasteiger partial charge is 0.468 e. The minimum atomic E-state index is 0.220. The lowest BCUT2D eigenvalue weighted by Crippen LogP contribution is -2.47. The fourth-order valence-corrected chi connectivity index (χ4v) is 7.28. The van der Waals surface area contributed by atoms with Gasteiger partial charge in [0.05, 0.1) is 12.7 Å². The van der Waals surface area contributed by atoms with Gasteiger partial charge in [-0.15, -0.1) is 0 Å². The third-order valence-electron chi connectivity index (χ3n) is 8.67. The van der Waals surface area contributed by atoms with Crippen LogP contribution in [-0.2, 0) is 30.2 Å². The summed E-state index contributed by atoms with van der Waals surface area (Å²) in [5.41, 5.74) is 3.18. The van der Waals surface area contributed by atoms with E-state index in [1.165, 1.54) is 36.8 Å². The highest BCUT2D eigenvalue weighted by molar-refractivity contribution is 5.41. The van der Waals surface area contributed by atoms with Gasteiger partial charge in [0.25, 0.3) is 6.47 Å². The summed E-state index contributed by atoms with van der Waals surface area (Å²) in [6, 6.07) is 6.65. The zero-order valence-electron chi connectivity index (χ0n) is 20.4. The van der Waals surface area contributed by atoms with Crippen LogP contribution in [-0.4, -0.2) is 47.0 Å². The molecule has 0 saturated heterocycles. The van der Waals surface area contributed by atoms with Gasteiger partial charge in [-0.3, -0.25) is 4.79 Å². The Labute approximate surface area is 198 Å². The summed E-state index contributed by atoms with van der Waals surface area (Å²) in [4.78, 5) is 10.5. The Bertz CT molecular complexity index is 782. The third-order valence-corrected chi connectivity index (χ3v) is 8.67. The predicted octanol–water partition coefficient (Wildman–Crippen LogP) is 5.08. The van der Waals surface area contributed by atoms with E-state index < -0.39 is 0 Å². The molecular weight excluding hydrogens is 420 g/mol. The molecule has 2 saturated carbocycles. The molecule has 6 atom stereocenters. The molecule has 4 rings (SSSR count). The first-order valence-electron chi connectivity index (χ1n) is 12.5. The van der Waals surface area contributed by atoms with Gasteiger partial charge < -0.3 is 23.7 Å². The SMILES string of the molecule is COCOc1ccc2c(c1)C[C@@H](CCCCOC=O)[C@@H]1[C@@H]2CC[C@]2(C)[C@@H](OCOC)CC[C@@H]12. The molecular formula is C27H40O6. The number of hydrogen-bond donors (Lipinski definition) is 0. The zero-order chi connectivity index (χ0) is 23.3. The Morgan fingerprint density at radius 3 is 2.73 bits per heavy atom. The standard InChI is InChI=1S/C27H40O6/c1-27-12-11-23-22-8-7-21(32-17-29-2)15-20(22)14-19(6-4-5-13-31-16-28)26(23)24(27)9-10-25(27)33-18-30-3/h7-8,15-16,19,23-26H,4-6,9-14,17-18H2,1-3H3/t19-,23-,24+,25+,26-,27+/m1/s1. The Morgan fingerprint density at radius 1 is 1.09 bits per heavy atom. The molecule has 2 fully saturated rings. The summed E-state index contributed by atoms with van der Waals surface area (Å²) in [6.45, 7) is 4.19. The van der Waals surface area contributed by atoms with E-state index in [-0.39, 0.29) is 18.3 Å². The van der Waals surface area contributed by atoms with E-state index in [1.54, 1.807) is 14.2 Å². The normalized spacial score (nSPS) is 32.5. The number of unbranched alkanes of at least 4 members (excludes halogenated alkanes) is 1. The van der Waals surface area contributed by atoms with Crippen LogP contribution in [0.15, 0.2) is 18.2 Å². The van der Waals surface area contributed by atoms with Crippen molar-refractivity contribution in [2.24, 2.45) is 23.2 Å². The highest BCUT2D eigenvalue weighted by Crippen LogP contribution is 2.63. The van der Waals surface area contributed by atoms with Crippen molar-refractivity contribution in [2.75, 3.05) is 34.4 Å². The molecule has 184 valence electrons. The van der Waals surface area contributed by atoms with Crippen molar-refractivity contribution in [3.05, 3.63) is 29.3 Å². The molecule has 6 heteroatoms. The lowest BCUT2D eigenvalue weighted by Gasteiger charge is -2.53. The van der Waals surface area contributed by atoms with Gasteiger partial charge in [0.2, 0.25) is 0 Å². The van der Waals surface area contributed by atoms with Crippen LogP contribution in [0.3, 0.4) is 0 Å². The Kier molecular flexibility index (Phi) is 8.31. The van der Waals surface area contributed by atoms with Crippen LogP contribution < -0.4 is 4.74 Å². The minimum Gasteiger partial charge on any atom is -0.468 e. The Hall–Kier alpha value is -1.63. The van der Waals surface area contributed by atoms with Gasteiger partial charge in [0.1, 0.15) is 12.5 Å². The number of rotatable bonds is 12. The fraction of sp³-hybridized carbons (Fsp3) is 0.741. The van der Waals surface area contributed by atoms with Crippen LogP contribution in [0.2, 0.25) is 0 Å². The van der Waals surface area contributed by atoms with E-state index in [0.717, 1.165) is 31.4 Å². The third kappa shape index (κ3) is 5.08. The summed E-state index contributed by atoms with van der Waals surface area (Å²) in [6.07, 6.45) is 9.34. The highest BCUT2D eigenvalue weighted by Gasteiger charge is 2.57. The quantitative estimate of drug-likeness (QED) is 0.246. The average Bonchev–Trinajstić information content (AvgIpc) is 3.16. The predicted molar refractivity (Wildman–Crippen MR) is 125 cm³/mol. The number of fused-ring (bicyclic) bond motifs is 5. The van der Waals surface area contributed by atoms with Crippen molar-refractivity contribution in [3.63, 3.8) is 0 Å². The first-order valence-corrected chi connectivity index (χ1v) is 12.5. The first kappa shape index (κ1) is 24.5. The summed E-state index contributed by atoms with van der Waals surface area (Å²) in [5, 5.41) is 0. The van der Waals surface area contributed by atoms with E-state index in [1.807, 2.05) is 0 Å². The summed E-state index contributed by atoms with van der Waals surface area (Å²) in [5.74, 6) is 3.46. The lowest BCUT2D eigenvalue weighted by molar-refractivity contribution is -0.129. The fourth-order valence-electron chi connectivity index (χ4n) is 7.28. The molecule has 0 amide bonds. The van der Waals surface area contributed by atoms with Crippen LogP contribution >= 0.6 is 0 Å². The summed E-state index contributed by atoms with van der Waals surface area (Å²) >= 11 is 0. The highest BCUT2D eigenvalue weighted by atomic mass is 16.7. The van der Waals surface area contributed by atoms with Crippen molar-refractivity contribution in [1.29, 1.82) is 0 Å². The van der Waals surface area contributed by atoms with Crippen LogP contribution in [0.5, 0.6) is 5.75 Å². The van der Waals surface area contributed by atoms with Gasteiger partial charge >= 0.3 is 0 Å². The maximum atomic E-state index is 10.5. The second-order valence-electron chi connectivity index (χ2n) is 10.3. The molecule has 0 spiro atoms. The first-order chi connectivity index (χ1) is 16.1. The van der Waals surface area contributed by atoms with E-state index in [9.17, 15) is 4.79 Å². The molecule has 6 nitrogen and oxygen atoms in total. The van der Waals surface area contributed by atoms with E-state index in [4.69, 9.17) is 23.7 Å². The Morgan fingerprint density at radius 2 is 1.94 bits per heavy atom. The molecule has 0 N–H and O–H groups in total. The van der Waals surface area contributed by atoms with Crippen LogP contribution in [0.25, 0.3) is 0 Å². The second kappa shape index (κ2) is 11.2. The monoisotopic (exact) mass is 460 g/mol. The van der Waals surface area contributed by atoms with Crippen molar-refractivity contribution < 1.29 is 28.5 Å². The molecule has 3 aliphatic carbocycles. The topological polar surface area (TPSA) is 63.2 Å². The summed E-state index contributed by atoms with van der Waals surface area (Å²) < 4.78 is 27.2. The number of carbonyl (C=O) groups excluding carboxylic acids is 1. The number of ether oxygens (including phenoxy) is 5. The van der Waals surface area contributed by atoms with Gasteiger partial charge in [-0.2, -0.15) is 0 Å². The molecule has 0 aliphatic heterocycles. The van der Waals surface area contributed by atoms with E-state index in [2.05, 4.69) is 25.1 Å². The van der Waals surface area contributed by atoms with Crippen molar-refractivity contribution in [1.82, 2.24) is 0 Å². The molecule has 0 heterocycles. The molecule has 3 aliphatic rings. The molecule has 0 aromatic heterocycles. The number of hydrogen-bond acceptors (Lipinski definition) is 6. The van der Waals surface area contributed by atoms with Crippen LogP contribution in [0, 0.1) is 23.2 Å². The molecule has 0 unspecified atom stereocenters. The Balaban J connectivity index is 1.57. The van der Waals surface area contributed by atoms with Gasteiger partial charge in [0.15, 0.2) is 6.79 Å². The number of methoxy groups -OCH3 is 2. The molecule has 1 aromatic rings. The maximum Gasteiger partial charge on any atom is 0.293 e.